The Bertz CT molecular complexity index is 1580. The van der Waals surface area contributed by atoms with Crippen LogP contribution in [0, 0.1) is 0 Å². The lowest BCUT2D eigenvalue weighted by Gasteiger charge is -2.41. The average molecular weight is 949 g/mol. The number of phosphoric acid groups is 1. The molecule has 1 fully saturated rings. The average Bonchev–Trinajstić information content (AvgIpc) is 3.29. The first kappa shape index (κ1) is 60.5. The van der Waals surface area contributed by atoms with Crippen LogP contribution < -0.4 is 0 Å². The zero-order chi connectivity index (χ0) is 48.7. The van der Waals surface area contributed by atoms with Gasteiger partial charge in [-0.2, -0.15) is 0 Å². The fraction of sp³-hybridized carbons (Fsp3) is 0.608. The topological polar surface area (TPSA) is 230 Å². The van der Waals surface area contributed by atoms with Crippen LogP contribution >= 0.6 is 7.82 Å². The van der Waals surface area contributed by atoms with E-state index in [0.29, 0.717) is 25.7 Å². The number of aliphatic hydroxyl groups excluding tert-OH is 6. The molecule has 7 N–H and O–H groups in total. The molecule has 0 radical (unpaired) electrons. The smallest absolute Gasteiger partial charge is 0.462 e. The maximum atomic E-state index is 12.8. The number of unbranched alkanes of at least 4 members (excludes halogenated alkanes) is 4. The summed E-state index contributed by atoms with van der Waals surface area (Å²) in [6.45, 7) is 2.90. The second kappa shape index (κ2) is 39.5. The minimum atomic E-state index is -5.16. The number of carbonyl (C=O) groups excluding carboxylic acids is 2. The van der Waals surface area contributed by atoms with E-state index < -0.39 is 75.7 Å². The van der Waals surface area contributed by atoms with Gasteiger partial charge in [0.25, 0.3) is 0 Å². The lowest BCUT2D eigenvalue weighted by molar-refractivity contribution is -0.220. The number of ether oxygens (including phenoxy) is 2. The predicted octanol–water partition coefficient (Wildman–Crippen LogP) is 8.58. The van der Waals surface area contributed by atoms with Crippen molar-refractivity contribution in [1.29, 1.82) is 0 Å². The van der Waals surface area contributed by atoms with Crippen molar-refractivity contribution >= 4 is 19.8 Å². The van der Waals surface area contributed by atoms with E-state index in [-0.39, 0.29) is 18.9 Å². The van der Waals surface area contributed by atoms with Crippen LogP contribution in [0.5, 0.6) is 0 Å². The number of phosphoric ester groups is 1. The van der Waals surface area contributed by atoms with E-state index >= 15 is 0 Å². The molecule has 374 valence electrons. The summed E-state index contributed by atoms with van der Waals surface area (Å²) >= 11 is 0. The third-order valence-corrected chi connectivity index (χ3v) is 11.1. The van der Waals surface area contributed by atoms with E-state index in [2.05, 4.69) is 105 Å². The highest BCUT2D eigenvalue weighted by atomic mass is 31.2. The minimum absolute atomic E-state index is 0.0312. The molecule has 0 amide bonds. The molecule has 0 aliphatic heterocycles. The molecule has 1 rings (SSSR count). The summed E-state index contributed by atoms with van der Waals surface area (Å²) in [4.78, 5) is 35.7. The quantitative estimate of drug-likeness (QED) is 0.0134. The Morgan fingerprint density at radius 3 is 1.48 bits per heavy atom. The van der Waals surface area contributed by atoms with Crippen LogP contribution in [0.2, 0.25) is 0 Å². The van der Waals surface area contributed by atoms with Crippen LogP contribution in [-0.4, -0.2) is 110 Å². The van der Waals surface area contributed by atoms with E-state index in [4.69, 9.17) is 18.5 Å². The summed E-state index contributed by atoms with van der Waals surface area (Å²) < 4.78 is 33.4. The van der Waals surface area contributed by atoms with Gasteiger partial charge in [-0.3, -0.25) is 18.6 Å². The van der Waals surface area contributed by atoms with Gasteiger partial charge in [-0.1, -0.05) is 136 Å². The predicted molar refractivity (Wildman–Crippen MR) is 259 cm³/mol. The zero-order valence-electron chi connectivity index (χ0n) is 39.3. The summed E-state index contributed by atoms with van der Waals surface area (Å²) in [5.41, 5.74) is 0. The van der Waals surface area contributed by atoms with Gasteiger partial charge in [-0.05, 0) is 96.3 Å². The lowest BCUT2D eigenvalue weighted by atomic mass is 9.85. The summed E-state index contributed by atoms with van der Waals surface area (Å²) in [5.74, 6) is -1.24. The molecule has 0 spiro atoms. The molecule has 66 heavy (non-hydrogen) atoms. The van der Waals surface area contributed by atoms with Gasteiger partial charge in [0.2, 0.25) is 0 Å². The Morgan fingerprint density at radius 2 is 0.985 bits per heavy atom. The molecule has 15 heteroatoms. The third-order valence-electron chi connectivity index (χ3n) is 10.2. The van der Waals surface area contributed by atoms with E-state index in [9.17, 15) is 49.7 Å². The van der Waals surface area contributed by atoms with E-state index in [1.54, 1.807) is 0 Å². The monoisotopic (exact) mass is 949 g/mol. The molecular formula is C51H81O14P. The Balaban J connectivity index is 2.53. The second-order valence-electron chi connectivity index (χ2n) is 16.1. The van der Waals surface area contributed by atoms with Gasteiger partial charge in [-0.15, -0.1) is 0 Å². The van der Waals surface area contributed by atoms with Crippen molar-refractivity contribution in [1.82, 2.24) is 0 Å². The first-order valence-electron chi connectivity index (χ1n) is 23.8. The second-order valence-corrected chi connectivity index (χ2v) is 17.5. The molecular weight excluding hydrogens is 868 g/mol. The Labute approximate surface area is 394 Å². The standard InChI is InChI=1S/C51H81O14P/c1-3-5-6-7-8-9-10-11-12-13-14-15-16-19-23-26-29-32-35-39-45(54)64-43(41-63-66(60,61)65-51-49(58)47(56)46(55)48(57)50(51)59)40-62-44(53)38-34-31-28-25-22-20-17-18-21-24-27-30-33-37-42(52)36-4-2/h5-6,8-9,11-12,14-15,17,19-21,23-25,28,30,33,42-43,46-52,55-59H,3-4,7,10,13,16,18,22,26-27,29,31-32,34-41H2,1-2H3,(H,60,61)/b6-5-,9-8-,12-11-,15-14-,20-17-,23-19-,24-21-,28-25-,33-30-/t42?,43-,46?,47-,48+,49-,50-,51?/m1/s1. The molecule has 1 aliphatic rings. The first-order chi connectivity index (χ1) is 31.8. The number of hydrogen-bond acceptors (Lipinski definition) is 13. The van der Waals surface area contributed by atoms with Gasteiger partial charge in [0.15, 0.2) is 6.10 Å². The van der Waals surface area contributed by atoms with Crippen LogP contribution in [-0.2, 0) is 32.7 Å². The molecule has 1 aliphatic carbocycles. The van der Waals surface area contributed by atoms with Crippen LogP contribution in [0.15, 0.2) is 109 Å². The summed E-state index contributed by atoms with van der Waals surface area (Å²) in [5, 5.41) is 59.9. The van der Waals surface area contributed by atoms with Crippen molar-refractivity contribution in [3.63, 3.8) is 0 Å². The normalized spacial score (nSPS) is 22.7. The van der Waals surface area contributed by atoms with Gasteiger partial charge in [0.1, 0.15) is 43.2 Å². The molecule has 0 aromatic heterocycles. The van der Waals surface area contributed by atoms with Crippen molar-refractivity contribution in [2.75, 3.05) is 13.2 Å². The molecule has 0 saturated heterocycles. The SMILES string of the molecule is CC/C=C\C/C=C\C/C=C\C/C=C\C/C=C\CCCCCC(=O)O[C@H](COC(=O)CCC/C=C\C/C=C\C/C=C\C/C=C\CC(O)CCC)COP(=O)(O)OC1[C@H](O)[C@H](O)C(O)[C@H](O)[C@H]1O. The van der Waals surface area contributed by atoms with E-state index in [1.165, 1.54) is 0 Å². The van der Waals surface area contributed by atoms with Crippen molar-refractivity contribution < 1.29 is 68.2 Å². The molecule has 0 heterocycles. The van der Waals surface area contributed by atoms with Crippen molar-refractivity contribution in [2.45, 2.75) is 185 Å². The number of aliphatic hydroxyl groups is 6. The Kier molecular flexibility index (Phi) is 36.2. The van der Waals surface area contributed by atoms with Gasteiger partial charge < -0.3 is 45.0 Å². The molecule has 1 saturated carbocycles. The number of allylic oxidation sites excluding steroid dienone is 17. The summed E-state index contributed by atoms with van der Waals surface area (Å²) in [7, 11) is -5.16. The van der Waals surface area contributed by atoms with Gasteiger partial charge in [-0.25, -0.2) is 4.57 Å². The van der Waals surface area contributed by atoms with E-state index in [1.807, 2.05) is 18.2 Å². The Hall–Kier alpha value is -3.53. The van der Waals surface area contributed by atoms with E-state index in [0.717, 1.165) is 83.5 Å². The highest BCUT2D eigenvalue weighted by Crippen LogP contribution is 2.47. The van der Waals surface area contributed by atoms with Crippen molar-refractivity contribution in [3.05, 3.63) is 109 Å². The zero-order valence-corrected chi connectivity index (χ0v) is 40.2. The molecule has 14 nitrogen and oxygen atoms in total. The first-order valence-corrected chi connectivity index (χ1v) is 25.3. The lowest BCUT2D eigenvalue weighted by Crippen LogP contribution is -2.64. The molecule has 0 bridgehead atoms. The van der Waals surface area contributed by atoms with Gasteiger partial charge >= 0.3 is 19.8 Å². The van der Waals surface area contributed by atoms with Crippen LogP contribution in [0.4, 0.5) is 0 Å². The molecule has 0 aromatic rings. The largest absolute Gasteiger partial charge is 0.472 e. The molecule has 4 unspecified atom stereocenters. The van der Waals surface area contributed by atoms with Crippen LogP contribution in [0.1, 0.15) is 136 Å². The number of carbonyl (C=O) groups is 2. The Morgan fingerprint density at radius 1 is 0.545 bits per heavy atom. The van der Waals surface area contributed by atoms with Crippen molar-refractivity contribution in [3.8, 4) is 0 Å². The number of hydrogen-bond donors (Lipinski definition) is 7. The summed E-state index contributed by atoms with van der Waals surface area (Å²) in [6.07, 6.45) is 37.7. The number of rotatable bonds is 37. The third kappa shape index (κ3) is 31.4. The summed E-state index contributed by atoms with van der Waals surface area (Å²) in [6, 6.07) is 0. The maximum Gasteiger partial charge on any atom is 0.472 e. The van der Waals surface area contributed by atoms with Crippen molar-refractivity contribution in [2.24, 2.45) is 0 Å². The highest BCUT2D eigenvalue weighted by molar-refractivity contribution is 7.47. The fourth-order valence-electron chi connectivity index (χ4n) is 6.38. The highest BCUT2D eigenvalue weighted by Gasteiger charge is 2.51. The fourth-order valence-corrected chi connectivity index (χ4v) is 7.35. The van der Waals surface area contributed by atoms with Crippen LogP contribution in [0.3, 0.4) is 0 Å². The van der Waals surface area contributed by atoms with Gasteiger partial charge in [0.05, 0.1) is 12.7 Å². The molecule has 0 aromatic carbocycles. The van der Waals surface area contributed by atoms with Gasteiger partial charge in [0, 0.05) is 12.8 Å². The maximum absolute atomic E-state index is 12.8. The molecule has 9 atom stereocenters. The number of esters is 2. The minimum Gasteiger partial charge on any atom is -0.462 e. The van der Waals surface area contributed by atoms with Crippen LogP contribution in [0.25, 0.3) is 0 Å².